The van der Waals surface area contributed by atoms with Gasteiger partial charge < -0.3 is 10.2 Å². The summed E-state index contributed by atoms with van der Waals surface area (Å²) in [5, 5.41) is 3.70. The first kappa shape index (κ1) is 8.52. The van der Waals surface area contributed by atoms with Gasteiger partial charge in [0.25, 0.3) is 0 Å². The van der Waals surface area contributed by atoms with E-state index in [1.807, 2.05) is 0 Å². The van der Waals surface area contributed by atoms with Gasteiger partial charge in [-0.15, -0.1) is 0 Å². The maximum absolute atomic E-state index is 3.70. The first-order valence-electron chi connectivity index (χ1n) is 5.24. The molecular formula is C10H20N2. The average Bonchev–Trinajstić information content (AvgIpc) is 2.39. The third kappa shape index (κ3) is 1.64. The fraction of sp³-hybridized carbons (Fsp3) is 1.00. The maximum atomic E-state index is 3.70. The number of hydrogen-bond acceptors (Lipinski definition) is 2. The molecule has 0 bridgehead atoms. The number of likely N-dealkylation sites (N-methyl/N-ethyl adjacent to an activating group) is 1. The molecule has 2 aliphatic rings. The van der Waals surface area contributed by atoms with Gasteiger partial charge in [0.05, 0.1) is 0 Å². The molecule has 0 aliphatic carbocycles. The summed E-state index contributed by atoms with van der Waals surface area (Å²) in [7, 11) is 2.26. The molecule has 2 fully saturated rings. The summed E-state index contributed by atoms with van der Waals surface area (Å²) in [5.74, 6) is 0. The summed E-state index contributed by atoms with van der Waals surface area (Å²) in [6.07, 6.45) is 6.99. The smallest absolute Gasteiger partial charge is 0.0309 e. The molecule has 2 nitrogen and oxygen atoms in total. The lowest BCUT2D eigenvalue weighted by atomic mass is 9.92. The van der Waals surface area contributed by atoms with Crippen molar-refractivity contribution in [1.82, 2.24) is 10.2 Å². The predicted molar refractivity (Wildman–Crippen MR) is 51.3 cm³/mol. The summed E-state index contributed by atoms with van der Waals surface area (Å²) in [5.41, 5.74) is 0.505. The van der Waals surface area contributed by atoms with Crippen LogP contribution >= 0.6 is 0 Å². The van der Waals surface area contributed by atoms with E-state index < -0.39 is 0 Å². The lowest BCUT2D eigenvalue weighted by Crippen LogP contribution is -2.47. The van der Waals surface area contributed by atoms with E-state index in [-0.39, 0.29) is 0 Å². The second-order valence-electron chi connectivity index (χ2n) is 4.51. The van der Waals surface area contributed by atoms with Crippen LogP contribution in [-0.4, -0.2) is 37.1 Å². The highest BCUT2D eigenvalue weighted by atomic mass is 15.2. The zero-order valence-corrected chi connectivity index (χ0v) is 8.10. The summed E-state index contributed by atoms with van der Waals surface area (Å²) < 4.78 is 0. The van der Waals surface area contributed by atoms with Crippen LogP contribution in [0.1, 0.15) is 32.1 Å². The molecule has 2 aliphatic heterocycles. The van der Waals surface area contributed by atoms with E-state index in [9.17, 15) is 0 Å². The molecule has 70 valence electrons. The summed E-state index contributed by atoms with van der Waals surface area (Å²) in [4.78, 5) is 2.49. The molecule has 2 heterocycles. The molecule has 1 N–H and O–H groups in total. The van der Waals surface area contributed by atoms with E-state index in [1.54, 1.807) is 0 Å². The molecule has 0 amide bonds. The molecule has 0 aromatic rings. The number of nitrogens with zero attached hydrogens (tertiary/aromatic N) is 1. The van der Waals surface area contributed by atoms with Gasteiger partial charge in [0.15, 0.2) is 0 Å². The lowest BCUT2D eigenvalue weighted by Gasteiger charge is -2.31. The van der Waals surface area contributed by atoms with Gasteiger partial charge in [-0.3, -0.25) is 0 Å². The number of rotatable bonds is 0. The molecule has 1 spiro atoms. The van der Waals surface area contributed by atoms with Gasteiger partial charge in [0, 0.05) is 12.1 Å². The van der Waals surface area contributed by atoms with Crippen LogP contribution < -0.4 is 5.32 Å². The van der Waals surface area contributed by atoms with Crippen molar-refractivity contribution in [2.75, 3.05) is 26.7 Å². The Labute approximate surface area is 75.3 Å². The minimum Gasteiger partial charge on any atom is -0.310 e. The quantitative estimate of drug-likeness (QED) is 0.585. The SMILES string of the molecule is CN1CCCC[C@]2(CCCN2)C1. The topological polar surface area (TPSA) is 15.3 Å². The van der Waals surface area contributed by atoms with Gasteiger partial charge in [0.2, 0.25) is 0 Å². The van der Waals surface area contributed by atoms with Crippen molar-refractivity contribution >= 4 is 0 Å². The van der Waals surface area contributed by atoms with Crippen molar-refractivity contribution in [3.63, 3.8) is 0 Å². The molecule has 2 heteroatoms. The molecule has 0 unspecified atom stereocenters. The van der Waals surface area contributed by atoms with Crippen molar-refractivity contribution in [2.24, 2.45) is 0 Å². The zero-order valence-electron chi connectivity index (χ0n) is 8.10. The van der Waals surface area contributed by atoms with Gasteiger partial charge >= 0.3 is 0 Å². The second kappa shape index (κ2) is 3.35. The predicted octanol–water partition coefficient (Wildman–Crippen LogP) is 1.22. The fourth-order valence-corrected chi connectivity index (χ4v) is 2.74. The maximum Gasteiger partial charge on any atom is 0.0309 e. The third-order valence-corrected chi connectivity index (χ3v) is 3.35. The summed E-state index contributed by atoms with van der Waals surface area (Å²) in [6.45, 7) is 3.81. The Morgan fingerprint density at radius 1 is 1.17 bits per heavy atom. The van der Waals surface area contributed by atoms with Gasteiger partial charge in [-0.05, 0) is 45.8 Å². The Morgan fingerprint density at radius 2 is 2.00 bits per heavy atom. The van der Waals surface area contributed by atoms with Crippen LogP contribution in [0.5, 0.6) is 0 Å². The van der Waals surface area contributed by atoms with Crippen LogP contribution in [0.3, 0.4) is 0 Å². The molecule has 1 atom stereocenters. The van der Waals surface area contributed by atoms with Gasteiger partial charge in [0.1, 0.15) is 0 Å². The van der Waals surface area contributed by atoms with E-state index in [0.717, 1.165) is 0 Å². The Hall–Kier alpha value is -0.0800. The highest BCUT2D eigenvalue weighted by molar-refractivity contribution is 4.96. The molecule has 12 heavy (non-hydrogen) atoms. The monoisotopic (exact) mass is 168 g/mol. The minimum atomic E-state index is 0.505. The average molecular weight is 168 g/mol. The number of nitrogens with one attached hydrogen (secondary N) is 1. The summed E-state index contributed by atoms with van der Waals surface area (Å²) in [6, 6.07) is 0. The van der Waals surface area contributed by atoms with Crippen molar-refractivity contribution < 1.29 is 0 Å². The fourth-order valence-electron chi connectivity index (χ4n) is 2.74. The van der Waals surface area contributed by atoms with Crippen LogP contribution in [0.15, 0.2) is 0 Å². The second-order valence-corrected chi connectivity index (χ2v) is 4.51. The van der Waals surface area contributed by atoms with Crippen molar-refractivity contribution in [3.05, 3.63) is 0 Å². The number of likely N-dealkylation sites (tertiary alicyclic amines) is 1. The standard InChI is InChI=1S/C10H20N2/c1-12-8-3-2-5-10(9-12)6-4-7-11-10/h11H,2-9H2,1H3/t10-/m0/s1. The van der Waals surface area contributed by atoms with Crippen LogP contribution in [0.4, 0.5) is 0 Å². The van der Waals surface area contributed by atoms with Gasteiger partial charge in [-0.2, -0.15) is 0 Å². The molecular weight excluding hydrogens is 148 g/mol. The van der Waals surface area contributed by atoms with Crippen molar-refractivity contribution in [1.29, 1.82) is 0 Å². The Morgan fingerprint density at radius 3 is 2.75 bits per heavy atom. The first-order valence-corrected chi connectivity index (χ1v) is 5.24. The highest BCUT2D eigenvalue weighted by Gasteiger charge is 2.34. The Kier molecular flexibility index (Phi) is 2.37. The highest BCUT2D eigenvalue weighted by Crippen LogP contribution is 2.28. The summed E-state index contributed by atoms with van der Waals surface area (Å²) >= 11 is 0. The number of hydrogen-bond donors (Lipinski definition) is 1. The van der Waals surface area contributed by atoms with E-state index in [0.29, 0.717) is 5.54 Å². The molecule has 0 radical (unpaired) electrons. The van der Waals surface area contributed by atoms with Crippen LogP contribution in [0, 0.1) is 0 Å². The normalized spacial score (nSPS) is 38.8. The van der Waals surface area contributed by atoms with Crippen molar-refractivity contribution in [2.45, 2.75) is 37.6 Å². The van der Waals surface area contributed by atoms with Crippen LogP contribution in [-0.2, 0) is 0 Å². The van der Waals surface area contributed by atoms with Crippen LogP contribution in [0.2, 0.25) is 0 Å². The minimum absolute atomic E-state index is 0.505. The van der Waals surface area contributed by atoms with Crippen molar-refractivity contribution in [3.8, 4) is 0 Å². The van der Waals surface area contributed by atoms with Gasteiger partial charge in [-0.1, -0.05) is 6.42 Å². The Bertz CT molecular complexity index is 150. The first-order chi connectivity index (χ1) is 5.81. The van der Waals surface area contributed by atoms with E-state index >= 15 is 0 Å². The molecule has 0 aromatic heterocycles. The third-order valence-electron chi connectivity index (χ3n) is 3.35. The molecule has 2 rings (SSSR count). The molecule has 2 saturated heterocycles. The Balaban J connectivity index is 2.02. The largest absolute Gasteiger partial charge is 0.310 e. The van der Waals surface area contributed by atoms with E-state index in [4.69, 9.17) is 0 Å². The lowest BCUT2D eigenvalue weighted by molar-refractivity contribution is 0.244. The van der Waals surface area contributed by atoms with Gasteiger partial charge in [-0.25, -0.2) is 0 Å². The van der Waals surface area contributed by atoms with Crippen LogP contribution in [0.25, 0.3) is 0 Å². The van der Waals surface area contributed by atoms with E-state index in [2.05, 4.69) is 17.3 Å². The molecule has 0 aromatic carbocycles. The molecule has 0 saturated carbocycles. The van der Waals surface area contributed by atoms with E-state index in [1.165, 1.54) is 51.7 Å². The zero-order chi connectivity index (χ0) is 8.44.